The van der Waals surface area contributed by atoms with E-state index in [1.54, 1.807) is 37.4 Å². The average molecular weight is 510 g/mol. The molecule has 0 saturated carbocycles. The molecule has 0 aromatic heterocycles. The number of hydrogen-bond donors (Lipinski definition) is 1. The Morgan fingerprint density at radius 3 is 2.61 bits per heavy atom. The first-order valence-electron chi connectivity index (χ1n) is 12.1. The Morgan fingerprint density at radius 1 is 1.08 bits per heavy atom. The predicted octanol–water partition coefficient (Wildman–Crippen LogP) is 4.17. The second-order valence-corrected chi connectivity index (χ2v) is 9.71. The van der Waals surface area contributed by atoms with Gasteiger partial charge >= 0.3 is 0 Å². The molecule has 3 aliphatic heterocycles. The zero-order valence-corrected chi connectivity index (χ0v) is 20.6. The molecule has 1 saturated heterocycles. The Hall–Kier alpha value is -4.79. The molecule has 9 heteroatoms. The quantitative estimate of drug-likeness (QED) is 0.312. The number of methoxy groups -OCH3 is 1. The van der Waals surface area contributed by atoms with Crippen molar-refractivity contribution in [3.8, 4) is 5.75 Å². The molecule has 38 heavy (non-hydrogen) atoms. The Balaban J connectivity index is 1.63. The molecule has 1 N–H and O–H groups in total. The van der Waals surface area contributed by atoms with Gasteiger partial charge in [0.05, 0.1) is 30.0 Å². The first-order valence-corrected chi connectivity index (χ1v) is 12.1. The molecule has 190 valence electrons. The van der Waals surface area contributed by atoms with Crippen molar-refractivity contribution in [1.29, 1.82) is 0 Å². The molecule has 9 nitrogen and oxygen atoms in total. The highest BCUT2D eigenvalue weighted by Gasteiger charge is 2.69. The number of benzene rings is 3. The second kappa shape index (κ2) is 8.37. The molecule has 0 aliphatic carbocycles. The van der Waals surface area contributed by atoms with Gasteiger partial charge < -0.3 is 15.0 Å². The minimum absolute atomic E-state index is 0.0748. The van der Waals surface area contributed by atoms with Gasteiger partial charge in [-0.1, -0.05) is 42.5 Å². The number of carbonyl (C=O) groups excluding carboxylic acids is 3. The number of nitro groups is 1. The number of ether oxygens (including phenoxy) is 1. The molecule has 3 aliphatic rings. The minimum Gasteiger partial charge on any atom is -0.497 e. The summed E-state index contributed by atoms with van der Waals surface area (Å²) < 4.78 is 5.38. The number of para-hydroxylation sites is 1. The van der Waals surface area contributed by atoms with E-state index in [1.165, 1.54) is 31.2 Å². The third kappa shape index (κ3) is 3.08. The summed E-state index contributed by atoms with van der Waals surface area (Å²) in [4.78, 5) is 54.6. The molecule has 1 spiro atoms. The summed E-state index contributed by atoms with van der Waals surface area (Å²) in [6.07, 6.45) is 3.74. The highest BCUT2D eigenvalue weighted by Crippen LogP contribution is 2.58. The first-order chi connectivity index (χ1) is 18.3. The zero-order chi connectivity index (χ0) is 26.8. The van der Waals surface area contributed by atoms with E-state index in [1.807, 2.05) is 29.2 Å². The number of amides is 1. The summed E-state index contributed by atoms with van der Waals surface area (Å²) in [5, 5.41) is 14.4. The van der Waals surface area contributed by atoms with E-state index in [0.29, 0.717) is 22.7 Å². The molecule has 1 fully saturated rings. The molecule has 3 heterocycles. The second-order valence-electron chi connectivity index (χ2n) is 9.71. The van der Waals surface area contributed by atoms with Gasteiger partial charge in [0.1, 0.15) is 11.2 Å². The lowest BCUT2D eigenvalue weighted by Crippen LogP contribution is -2.51. The lowest BCUT2D eigenvalue weighted by atomic mass is 9.64. The third-order valence-corrected chi connectivity index (χ3v) is 7.88. The van der Waals surface area contributed by atoms with Gasteiger partial charge in [0.2, 0.25) is 5.91 Å². The van der Waals surface area contributed by atoms with Gasteiger partial charge in [-0.15, -0.1) is 0 Å². The molecule has 6 rings (SSSR count). The zero-order valence-electron chi connectivity index (χ0n) is 20.6. The van der Waals surface area contributed by atoms with Crippen molar-refractivity contribution < 1.29 is 24.0 Å². The standard InChI is InChI=1S/C29H23N3O6/c1-16(33)26-25(27(34)18-6-5-7-19(14-18)32(36)37)29(21-8-3-4-9-22(21)30-28(29)35)24-13-10-17-15-20(38-2)11-12-23(17)31(24)26/h3-15,24-26H,1-2H3,(H,30,35)/t24-,25+,26+,29-/m1/s1. The van der Waals surface area contributed by atoms with Gasteiger partial charge in [0, 0.05) is 34.6 Å². The molecule has 1 amide bonds. The smallest absolute Gasteiger partial charge is 0.270 e. The molecular weight excluding hydrogens is 486 g/mol. The number of non-ortho nitro benzene ring substituents is 1. The number of fused-ring (bicyclic) bond motifs is 6. The third-order valence-electron chi connectivity index (χ3n) is 7.88. The van der Waals surface area contributed by atoms with Gasteiger partial charge in [-0.25, -0.2) is 0 Å². The van der Waals surface area contributed by atoms with Crippen molar-refractivity contribution in [1.82, 2.24) is 0 Å². The van der Waals surface area contributed by atoms with E-state index in [0.717, 1.165) is 5.56 Å². The number of Topliss-reactive ketones (excluding diaryl/α,β-unsaturated/α-hetero) is 2. The highest BCUT2D eigenvalue weighted by molar-refractivity contribution is 6.16. The van der Waals surface area contributed by atoms with Gasteiger partial charge in [-0.3, -0.25) is 24.5 Å². The van der Waals surface area contributed by atoms with E-state index in [-0.39, 0.29) is 22.9 Å². The number of nitrogens with zero attached hydrogens (tertiary/aromatic N) is 2. The van der Waals surface area contributed by atoms with Crippen LogP contribution >= 0.6 is 0 Å². The van der Waals surface area contributed by atoms with Crippen molar-refractivity contribution in [2.45, 2.75) is 24.4 Å². The molecule has 4 atom stereocenters. The van der Waals surface area contributed by atoms with Gasteiger partial charge in [0.25, 0.3) is 5.69 Å². The normalized spacial score (nSPS) is 24.4. The summed E-state index contributed by atoms with van der Waals surface area (Å²) in [6, 6.07) is 16.4. The summed E-state index contributed by atoms with van der Waals surface area (Å²) in [6.45, 7) is 1.41. The maximum atomic E-state index is 14.4. The number of nitrogens with one attached hydrogen (secondary N) is 1. The monoisotopic (exact) mass is 509 g/mol. The van der Waals surface area contributed by atoms with Crippen molar-refractivity contribution in [3.05, 3.63) is 99.6 Å². The van der Waals surface area contributed by atoms with E-state index in [9.17, 15) is 24.5 Å². The van der Waals surface area contributed by atoms with Crippen LogP contribution in [0.15, 0.2) is 72.8 Å². The van der Waals surface area contributed by atoms with Crippen molar-refractivity contribution in [2.75, 3.05) is 17.3 Å². The van der Waals surface area contributed by atoms with Gasteiger partial charge in [-0.2, -0.15) is 0 Å². The Morgan fingerprint density at radius 2 is 1.87 bits per heavy atom. The van der Waals surface area contributed by atoms with Crippen LogP contribution in [-0.2, 0) is 15.0 Å². The molecule has 3 aromatic rings. The van der Waals surface area contributed by atoms with Crippen LogP contribution in [0.1, 0.15) is 28.4 Å². The average Bonchev–Trinajstić information content (AvgIpc) is 3.40. The number of hydrogen-bond acceptors (Lipinski definition) is 7. The summed E-state index contributed by atoms with van der Waals surface area (Å²) >= 11 is 0. The van der Waals surface area contributed by atoms with Crippen LogP contribution in [0.3, 0.4) is 0 Å². The van der Waals surface area contributed by atoms with Crippen LogP contribution in [0.4, 0.5) is 17.1 Å². The number of rotatable bonds is 5. The molecule has 0 bridgehead atoms. The number of nitro benzene ring substituents is 1. The van der Waals surface area contributed by atoms with E-state index in [2.05, 4.69) is 5.32 Å². The summed E-state index contributed by atoms with van der Waals surface area (Å²) in [5.74, 6) is -1.69. The van der Waals surface area contributed by atoms with Gasteiger partial charge in [-0.05, 0) is 36.8 Å². The Kier molecular flexibility index (Phi) is 5.20. The van der Waals surface area contributed by atoms with Crippen LogP contribution in [0, 0.1) is 16.0 Å². The van der Waals surface area contributed by atoms with Crippen LogP contribution in [-0.4, -0.2) is 41.6 Å². The van der Waals surface area contributed by atoms with E-state index >= 15 is 0 Å². The van der Waals surface area contributed by atoms with Crippen LogP contribution < -0.4 is 15.0 Å². The lowest BCUT2D eigenvalue weighted by molar-refractivity contribution is -0.384. The Labute approximate surface area is 217 Å². The fourth-order valence-corrected chi connectivity index (χ4v) is 6.39. The predicted molar refractivity (Wildman–Crippen MR) is 140 cm³/mol. The van der Waals surface area contributed by atoms with Crippen LogP contribution in [0.25, 0.3) is 6.08 Å². The van der Waals surface area contributed by atoms with Gasteiger partial charge in [0.15, 0.2) is 11.6 Å². The highest BCUT2D eigenvalue weighted by atomic mass is 16.6. The van der Waals surface area contributed by atoms with Crippen molar-refractivity contribution >= 4 is 40.6 Å². The molecule has 3 aromatic carbocycles. The van der Waals surface area contributed by atoms with E-state index < -0.39 is 34.1 Å². The van der Waals surface area contributed by atoms with Crippen molar-refractivity contribution in [2.24, 2.45) is 5.92 Å². The summed E-state index contributed by atoms with van der Waals surface area (Å²) in [7, 11) is 1.56. The van der Waals surface area contributed by atoms with Crippen molar-refractivity contribution in [3.63, 3.8) is 0 Å². The topological polar surface area (TPSA) is 119 Å². The van der Waals surface area contributed by atoms with E-state index in [4.69, 9.17) is 4.74 Å². The Bertz CT molecular complexity index is 1580. The van der Waals surface area contributed by atoms with Crippen LogP contribution in [0.2, 0.25) is 0 Å². The molecular formula is C29H23N3O6. The molecule has 0 radical (unpaired) electrons. The number of carbonyl (C=O) groups is 3. The number of ketones is 2. The maximum absolute atomic E-state index is 14.4. The fraction of sp³-hybridized carbons (Fsp3) is 0.207. The minimum atomic E-state index is -1.44. The fourth-order valence-electron chi connectivity index (χ4n) is 6.39. The lowest BCUT2D eigenvalue weighted by Gasteiger charge is -2.37. The van der Waals surface area contributed by atoms with Crippen LogP contribution in [0.5, 0.6) is 5.75 Å². The maximum Gasteiger partial charge on any atom is 0.270 e. The summed E-state index contributed by atoms with van der Waals surface area (Å²) in [5.41, 5.74) is 1.07. The largest absolute Gasteiger partial charge is 0.497 e. The SMILES string of the molecule is COc1ccc2c(c1)C=C[C@H]1N2[C@@H](C(C)=O)[C@@H](C(=O)c2cccc([N+](=O)[O-])c2)[C@]12C(=O)Nc1ccccc12. The number of anilines is 2. The molecule has 0 unspecified atom stereocenters. The first kappa shape index (κ1) is 23.6.